The first-order valence-corrected chi connectivity index (χ1v) is 10.4. The van der Waals surface area contributed by atoms with Crippen LogP contribution in [0.25, 0.3) is 10.9 Å². The first-order chi connectivity index (χ1) is 15.6. The maximum absolute atomic E-state index is 13.2. The quantitative estimate of drug-likeness (QED) is 0.490. The van der Waals surface area contributed by atoms with Gasteiger partial charge in [-0.25, -0.2) is 9.97 Å². The van der Waals surface area contributed by atoms with E-state index in [1.807, 2.05) is 0 Å². The molecule has 7 nitrogen and oxygen atoms in total. The molecule has 176 valence electrons. The van der Waals surface area contributed by atoms with Crippen molar-refractivity contribution in [2.45, 2.75) is 26.1 Å². The summed E-state index contributed by atoms with van der Waals surface area (Å²) in [5.74, 6) is 2.38. The minimum atomic E-state index is -4.49. The lowest BCUT2D eigenvalue weighted by atomic mass is 10.0. The van der Waals surface area contributed by atoms with Gasteiger partial charge >= 0.3 is 6.18 Å². The Morgan fingerprint density at radius 1 is 1.15 bits per heavy atom. The fourth-order valence-corrected chi connectivity index (χ4v) is 3.60. The molecular formula is C23H25F3N4O3. The Hall–Kier alpha value is -3.27. The van der Waals surface area contributed by atoms with Gasteiger partial charge in [0.15, 0.2) is 11.5 Å². The highest BCUT2D eigenvalue weighted by Gasteiger charge is 2.31. The summed E-state index contributed by atoms with van der Waals surface area (Å²) in [5.41, 5.74) is 5.99. The lowest BCUT2D eigenvalue weighted by Gasteiger charge is -2.26. The fraction of sp³-hybridized carbons (Fsp3) is 0.391. The molecule has 0 bridgehead atoms. The molecule has 2 aromatic carbocycles. The molecule has 0 spiro atoms. The zero-order chi connectivity index (χ0) is 23.8. The Bertz CT molecular complexity index is 1170. The molecule has 4 rings (SSSR count). The van der Waals surface area contributed by atoms with E-state index in [0.717, 1.165) is 12.1 Å². The molecule has 1 saturated heterocycles. The molecule has 1 aromatic heterocycles. The molecule has 0 aliphatic carbocycles. The monoisotopic (exact) mass is 462 g/mol. The number of alkyl halides is 3. The summed E-state index contributed by atoms with van der Waals surface area (Å²) in [6, 6.07) is 6.55. The molecule has 3 N–H and O–H groups in total. The first kappa shape index (κ1) is 22.9. The zero-order valence-electron chi connectivity index (χ0n) is 18.5. The zero-order valence-corrected chi connectivity index (χ0v) is 18.5. The third-order valence-electron chi connectivity index (χ3n) is 5.43. The van der Waals surface area contributed by atoms with E-state index >= 15 is 0 Å². The van der Waals surface area contributed by atoms with Crippen molar-refractivity contribution in [2.24, 2.45) is 5.92 Å². The number of methoxy groups -OCH3 is 1. The van der Waals surface area contributed by atoms with Crippen LogP contribution in [0.4, 0.5) is 24.7 Å². The van der Waals surface area contributed by atoms with Crippen LogP contribution < -0.4 is 20.5 Å². The van der Waals surface area contributed by atoms with E-state index in [0.29, 0.717) is 65.3 Å². The normalized spacial score (nSPS) is 15.2. The number of rotatable bonds is 7. The average molecular weight is 462 g/mol. The van der Waals surface area contributed by atoms with Crippen LogP contribution in [0.2, 0.25) is 0 Å². The van der Waals surface area contributed by atoms with E-state index in [9.17, 15) is 13.2 Å². The molecular weight excluding hydrogens is 437 g/mol. The maximum atomic E-state index is 13.2. The number of aromatic nitrogens is 2. The van der Waals surface area contributed by atoms with Crippen molar-refractivity contribution in [1.29, 1.82) is 0 Å². The Morgan fingerprint density at radius 2 is 1.91 bits per heavy atom. The summed E-state index contributed by atoms with van der Waals surface area (Å²) in [5, 5.41) is 3.86. The molecule has 0 radical (unpaired) electrons. The van der Waals surface area contributed by atoms with Crippen molar-refractivity contribution in [3.8, 4) is 11.5 Å². The van der Waals surface area contributed by atoms with E-state index in [1.165, 1.54) is 13.2 Å². The summed E-state index contributed by atoms with van der Waals surface area (Å²) in [4.78, 5) is 8.97. The van der Waals surface area contributed by atoms with Gasteiger partial charge in [0.25, 0.3) is 0 Å². The number of hydrogen-bond acceptors (Lipinski definition) is 7. The lowest BCUT2D eigenvalue weighted by molar-refractivity contribution is -0.137. The van der Waals surface area contributed by atoms with Crippen molar-refractivity contribution in [2.75, 3.05) is 38.0 Å². The fourth-order valence-electron chi connectivity index (χ4n) is 3.60. The molecule has 3 aromatic rings. The van der Waals surface area contributed by atoms with Crippen molar-refractivity contribution in [3.05, 3.63) is 47.3 Å². The van der Waals surface area contributed by atoms with Gasteiger partial charge in [0, 0.05) is 23.1 Å². The van der Waals surface area contributed by atoms with Gasteiger partial charge in [0.2, 0.25) is 0 Å². The minimum absolute atomic E-state index is 0.0394. The number of benzene rings is 2. The third-order valence-corrected chi connectivity index (χ3v) is 5.43. The highest BCUT2D eigenvalue weighted by Crippen LogP contribution is 2.37. The Labute approximate surface area is 189 Å². The van der Waals surface area contributed by atoms with Gasteiger partial charge in [0.05, 0.1) is 44.1 Å². The van der Waals surface area contributed by atoms with Crippen LogP contribution in [0.3, 0.4) is 0 Å². The summed E-state index contributed by atoms with van der Waals surface area (Å²) in [6.45, 7) is 5.33. The predicted octanol–water partition coefficient (Wildman–Crippen LogP) is 4.75. The van der Waals surface area contributed by atoms with Crippen LogP contribution in [0.5, 0.6) is 11.5 Å². The summed E-state index contributed by atoms with van der Waals surface area (Å²) < 4.78 is 56.3. The second-order valence-corrected chi connectivity index (χ2v) is 8.11. The van der Waals surface area contributed by atoms with E-state index in [-0.39, 0.29) is 5.69 Å². The molecule has 1 fully saturated rings. The van der Waals surface area contributed by atoms with Gasteiger partial charge in [0.1, 0.15) is 11.6 Å². The number of halogens is 3. The number of nitrogens with zero attached hydrogens (tertiary/aromatic N) is 2. The number of hydrogen-bond donors (Lipinski definition) is 2. The predicted molar refractivity (Wildman–Crippen MR) is 119 cm³/mol. The number of anilines is 2. The van der Waals surface area contributed by atoms with Crippen molar-refractivity contribution < 1.29 is 27.4 Å². The van der Waals surface area contributed by atoms with Gasteiger partial charge in [-0.1, -0.05) is 0 Å². The SMILES string of the molecule is COc1cc2c(N[C@H](C)c3cc(N)cc(C(F)(F)F)c3)nc(C)nc2cc1OCC1COC1. The molecule has 0 unspecified atom stereocenters. The van der Waals surface area contributed by atoms with Gasteiger partial charge < -0.3 is 25.3 Å². The molecule has 10 heteroatoms. The highest BCUT2D eigenvalue weighted by molar-refractivity contribution is 5.92. The number of nitrogens with two attached hydrogens (primary N) is 1. The third kappa shape index (κ3) is 5.05. The standard InChI is InChI=1S/C23H25F3N4O3/c1-12(15-4-16(23(24,25)26)6-17(27)5-15)28-22-18-7-20(31-3)21(33-11-14-9-32-10-14)8-19(18)29-13(2)30-22/h4-8,12,14H,9-11,27H2,1-3H3,(H,28,29,30)/t12-/m1/s1. The number of nitrogens with one attached hydrogen (secondary N) is 1. The highest BCUT2D eigenvalue weighted by atomic mass is 19.4. The maximum Gasteiger partial charge on any atom is 0.416 e. The van der Waals surface area contributed by atoms with Crippen LogP contribution in [0.1, 0.15) is 29.9 Å². The molecule has 0 saturated carbocycles. The van der Waals surface area contributed by atoms with E-state index in [1.54, 1.807) is 26.0 Å². The van der Waals surface area contributed by atoms with Crippen LogP contribution in [-0.2, 0) is 10.9 Å². The molecule has 0 amide bonds. The second-order valence-electron chi connectivity index (χ2n) is 8.11. The van der Waals surface area contributed by atoms with Crippen LogP contribution in [0.15, 0.2) is 30.3 Å². The molecule has 1 aliphatic rings. The second kappa shape index (κ2) is 8.93. The first-order valence-electron chi connectivity index (χ1n) is 10.4. The molecule has 1 aliphatic heterocycles. The number of ether oxygens (including phenoxy) is 3. The summed E-state index contributed by atoms with van der Waals surface area (Å²) in [7, 11) is 1.54. The van der Waals surface area contributed by atoms with Gasteiger partial charge in [-0.2, -0.15) is 13.2 Å². The average Bonchev–Trinajstić information content (AvgIpc) is 2.71. The molecule has 2 heterocycles. The number of aryl methyl sites for hydroxylation is 1. The Morgan fingerprint density at radius 3 is 2.55 bits per heavy atom. The lowest BCUT2D eigenvalue weighted by Crippen LogP contribution is -2.32. The van der Waals surface area contributed by atoms with Crippen molar-refractivity contribution in [1.82, 2.24) is 9.97 Å². The van der Waals surface area contributed by atoms with E-state index < -0.39 is 17.8 Å². The van der Waals surface area contributed by atoms with Crippen LogP contribution in [0, 0.1) is 12.8 Å². The molecule has 1 atom stereocenters. The van der Waals surface area contributed by atoms with Gasteiger partial charge in [-0.05, 0) is 43.7 Å². The number of nitrogen functional groups attached to an aromatic ring is 1. The van der Waals surface area contributed by atoms with Crippen molar-refractivity contribution in [3.63, 3.8) is 0 Å². The largest absolute Gasteiger partial charge is 0.493 e. The summed E-state index contributed by atoms with van der Waals surface area (Å²) >= 11 is 0. The van der Waals surface area contributed by atoms with Crippen molar-refractivity contribution >= 4 is 22.4 Å². The van der Waals surface area contributed by atoms with E-state index in [4.69, 9.17) is 19.9 Å². The van der Waals surface area contributed by atoms with Gasteiger partial charge in [-0.3, -0.25) is 0 Å². The number of fused-ring (bicyclic) bond motifs is 1. The molecule has 33 heavy (non-hydrogen) atoms. The van der Waals surface area contributed by atoms with Crippen LogP contribution >= 0.6 is 0 Å². The van der Waals surface area contributed by atoms with E-state index in [2.05, 4.69) is 15.3 Å². The Kier molecular flexibility index (Phi) is 6.20. The van der Waals surface area contributed by atoms with Gasteiger partial charge in [-0.15, -0.1) is 0 Å². The smallest absolute Gasteiger partial charge is 0.416 e. The minimum Gasteiger partial charge on any atom is -0.493 e. The summed E-state index contributed by atoms with van der Waals surface area (Å²) in [6.07, 6.45) is -4.49. The Balaban J connectivity index is 1.66. The van der Waals surface area contributed by atoms with Crippen LogP contribution in [-0.4, -0.2) is 36.9 Å². The topological polar surface area (TPSA) is 91.5 Å².